The molecule has 0 radical (unpaired) electrons. The third-order valence-corrected chi connectivity index (χ3v) is 2.95. The molecule has 0 fully saturated rings. The Morgan fingerprint density at radius 3 is 3.00 bits per heavy atom. The van der Waals surface area contributed by atoms with Gasteiger partial charge in [0.05, 0.1) is 12.7 Å². The molecule has 0 amide bonds. The summed E-state index contributed by atoms with van der Waals surface area (Å²) >= 11 is 0. The quantitative estimate of drug-likeness (QED) is 0.542. The van der Waals surface area contributed by atoms with Crippen LogP contribution >= 0.6 is 0 Å². The fourth-order valence-corrected chi connectivity index (χ4v) is 2.10. The van der Waals surface area contributed by atoms with Gasteiger partial charge in [0.2, 0.25) is 0 Å². The van der Waals surface area contributed by atoms with Crippen LogP contribution in [-0.2, 0) is 9.39 Å². The number of rotatable bonds is 6. The average Bonchev–Trinajstić information content (AvgIpc) is 2.72. The Morgan fingerprint density at radius 1 is 1.44 bits per heavy atom. The Bertz CT molecular complexity index is 402. The van der Waals surface area contributed by atoms with Crippen molar-refractivity contribution in [2.45, 2.75) is 12.5 Å². The van der Waals surface area contributed by atoms with Gasteiger partial charge in [0.15, 0.2) is 0 Å². The minimum absolute atomic E-state index is 0.252. The summed E-state index contributed by atoms with van der Waals surface area (Å²) in [5.41, 5.74) is 7.22. The molecule has 3 N–H and O–H groups in total. The Kier molecular flexibility index (Phi) is 4.60. The van der Waals surface area contributed by atoms with Crippen LogP contribution in [-0.4, -0.2) is 39.0 Å². The second kappa shape index (κ2) is 6.20. The van der Waals surface area contributed by atoms with E-state index < -0.39 is 7.12 Å². The van der Waals surface area contributed by atoms with E-state index in [-0.39, 0.29) is 6.10 Å². The van der Waals surface area contributed by atoms with Gasteiger partial charge in [-0.3, -0.25) is 0 Å². The molecule has 0 aliphatic carbocycles. The molecule has 1 aliphatic heterocycles. The summed E-state index contributed by atoms with van der Waals surface area (Å²) in [6, 6.07) is 5.62. The van der Waals surface area contributed by atoms with Crippen LogP contribution < -0.4 is 15.9 Å². The van der Waals surface area contributed by atoms with Crippen molar-refractivity contribution in [2.75, 3.05) is 26.9 Å². The monoisotopic (exact) mass is 251 g/mol. The molecule has 0 bridgehead atoms. The van der Waals surface area contributed by atoms with Crippen molar-refractivity contribution in [2.24, 2.45) is 5.73 Å². The van der Waals surface area contributed by atoms with Crippen molar-refractivity contribution in [1.29, 1.82) is 0 Å². The SMILES string of the molecule is COCCCOc1cccc2c1B(O)OC2CN. The van der Waals surface area contributed by atoms with Gasteiger partial charge in [0.25, 0.3) is 0 Å². The van der Waals surface area contributed by atoms with Gasteiger partial charge in [-0.25, -0.2) is 0 Å². The number of hydrogen-bond donors (Lipinski definition) is 2. The molecule has 1 aliphatic rings. The van der Waals surface area contributed by atoms with Gasteiger partial charge >= 0.3 is 7.12 Å². The van der Waals surface area contributed by atoms with Gasteiger partial charge in [-0.1, -0.05) is 12.1 Å². The normalized spacial score (nSPS) is 17.9. The lowest BCUT2D eigenvalue weighted by molar-refractivity contribution is 0.172. The van der Waals surface area contributed by atoms with Crippen LogP contribution in [0.2, 0.25) is 0 Å². The largest absolute Gasteiger partial charge is 0.495 e. The van der Waals surface area contributed by atoms with Gasteiger partial charge in [-0.15, -0.1) is 0 Å². The predicted octanol–water partition coefficient (Wildman–Crippen LogP) is -0.181. The molecule has 1 unspecified atom stereocenters. The lowest BCUT2D eigenvalue weighted by Crippen LogP contribution is -2.30. The van der Waals surface area contributed by atoms with Crippen LogP contribution in [0.1, 0.15) is 18.1 Å². The number of fused-ring (bicyclic) bond motifs is 1. The maximum absolute atomic E-state index is 9.88. The molecule has 5 nitrogen and oxygen atoms in total. The third kappa shape index (κ3) is 2.67. The molecule has 0 saturated carbocycles. The van der Waals surface area contributed by atoms with E-state index in [2.05, 4.69) is 0 Å². The molecule has 0 saturated heterocycles. The molecule has 1 atom stereocenters. The van der Waals surface area contributed by atoms with Gasteiger partial charge < -0.3 is 24.9 Å². The lowest BCUT2D eigenvalue weighted by Gasteiger charge is -2.11. The fraction of sp³-hybridized carbons (Fsp3) is 0.500. The molecule has 98 valence electrons. The van der Waals surface area contributed by atoms with Crippen LogP contribution in [0.15, 0.2) is 18.2 Å². The Hall–Kier alpha value is -1.08. The number of hydrogen-bond acceptors (Lipinski definition) is 5. The molecule has 1 aromatic carbocycles. The van der Waals surface area contributed by atoms with Crippen molar-refractivity contribution in [3.05, 3.63) is 23.8 Å². The third-order valence-electron chi connectivity index (χ3n) is 2.95. The summed E-state index contributed by atoms with van der Waals surface area (Å²) in [6.45, 7) is 1.54. The summed E-state index contributed by atoms with van der Waals surface area (Å²) in [7, 11) is 0.705. The summed E-state index contributed by atoms with van der Waals surface area (Å²) < 4.78 is 16.0. The zero-order valence-electron chi connectivity index (χ0n) is 10.5. The molecule has 0 spiro atoms. The number of nitrogens with two attached hydrogens (primary N) is 1. The van der Waals surface area contributed by atoms with Crippen LogP contribution in [0.5, 0.6) is 5.75 Å². The van der Waals surface area contributed by atoms with Gasteiger partial charge in [0, 0.05) is 32.1 Å². The highest BCUT2D eigenvalue weighted by atomic mass is 16.5. The predicted molar refractivity (Wildman–Crippen MR) is 68.9 cm³/mol. The first kappa shape index (κ1) is 13.4. The van der Waals surface area contributed by atoms with Crippen LogP contribution in [0.3, 0.4) is 0 Å². The first-order chi connectivity index (χ1) is 8.77. The molecule has 1 aromatic rings. The number of methoxy groups -OCH3 is 1. The first-order valence-electron chi connectivity index (χ1n) is 6.06. The van der Waals surface area contributed by atoms with Gasteiger partial charge in [-0.05, 0) is 11.6 Å². The minimum Gasteiger partial charge on any atom is -0.494 e. The zero-order chi connectivity index (χ0) is 13.0. The second-order valence-corrected chi connectivity index (χ2v) is 4.17. The van der Waals surface area contributed by atoms with Crippen molar-refractivity contribution in [3.8, 4) is 5.75 Å². The van der Waals surface area contributed by atoms with Crippen molar-refractivity contribution in [1.82, 2.24) is 0 Å². The molecule has 0 aromatic heterocycles. The molecular weight excluding hydrogens is 233 g/mol. The summed E-state index contributed by atoms with van der Waals surface area (Å²) in [6.07, 6.45) is 0.551. The van der Waals surface area contributed by atoms with E-state index in [1.807, 2.05) is 18.2 Å². The zero-order valence-corrected chi connectivity index (χ0v) is 10.5. The van der Waals surface area contributed by atoms with E-state index in [1.165, 1.54) is 0 Å². The van der Waals surface area contributed by atoms with Crippen molar-refractivity contribution in [3.63, 3.8) is 0 Å². The van der Waals surface area contributed by atoms with Crippen LogP contribution in [0.25, 0.3) is 0 Å². The minimum atomic E-state index is -0.952. The Balaban J connectivity index is 2.10. The lowest BCUT2D eigenvalue weighted by atomic mass is 9.78. The summed E-state index contributed by atoms with van der Waals surface area (Å²) in [5, 5.41) is 9.88. The maximum atomic E-state index is 9.88. The fourth-order valence-electron chi connectivity index (χ4n) is 2.10. The van der Waals surface area contributed by atoms with Gasteiger partial charge in [-0.2, -0.15) is 0 Å². The highest BCUT2D eigenvalue weighted by molar-refractivity contribution is 6.62. The Morgan fingerprint density at radius 2 is 2.28 bits per heavy atom. The average molecular weight is 251 g/mol. The van der Waals surface area contributed by atoms with Crippen molar-refractivity contribution >= 4 is 12.6 Å². The van der Waals surface area contributed by atoms with Crippen LogP contribution in [0, 0.1) is 0 Å². The number of benzene rings is 1. The smallest absolute Gasteiger partial charge is 0.494 e. The summed E-state index contributed by atoms with van der Waals surface area (Å²) in [4.78, 5) is 0. The van der Waals surface area contributed by atoms with E-state index in [0.29, 0.717) is 31.0 Å². The molecule has 1 heterocycles. The van der Waals surface area contributed by atoms with E-state index in [4.69, 9.17) is 19.9 Å². The summed E-state index contributed by atoms with van der Waals surface area (Å²) in [5.74, 6) is 0.659. The van der Waals surface area contributed by atoms with E-state index in [0.717, 1.165) is 12.0 Å². The first-order valence-corrected chi connectivity index (χ1v) is 6.06. The topological polar surface area (TPSA) is 73.9 Å². The second-order valence-electron chi connectivity index (χ2n) is 4.17. The van der Waals surface area contributed by atoms with Crippen LogP contribution in [0.4, 0.5) is 0 Å². The van der Waals surface area contributed by atoms with E-state index >= 15 is 0 Å². The molecule has 6 heteroatoms. The molecular formula is C12H18BNO4. The van der Waals surface area contributed by atoms with Crippen molar-refractivity contribution < 1.29 is 19.2 Å². The maximum Gasteiger partial charge on any atom is 0.495 e. The molecule has 2 rings (SSSR count). The van der Waals surface area contributed by atoms with Gasteiger partial charge in [0.1, 0.15) is 5.75 Å². The number of ether oxygens (including phenoxy) is 2. The highest BCUT2D eigenvalue weighted by Gasteiger charge is 2.37. The standard InChI is InChI=1S/C12H18BNO4/c1-16-6-3-7-17-10-5-2-4-9-11(8-14)18-13(15)12(9)10/h2,4-5,11,15H,3,6-8,14H2,1H3. The van der Waals surface area contributed by atoms with E-state index in [9.17, 15) is 5.02 Å². The van der Waals surface area contributed by atoms with E-state index in [1.54, 1.807) is 7.11 Å². The highest BCUT2D eigenvalue weighted by Crippen LogP contribution is 2.26. The molecule has 18 heavy (non-hydrogen) atoms. The Labute approximate surface area is 107 Å².